The molecule has 0 bridgehead atoms. The van der Waals surface area contributed by atoms with Crippen LogP contribution in [-0.4, -0.2) is 19.2 Å². The topological polar surface area (TPSA) is 21.3 Å². The summed E-state index contributed by atoms with van der Waals surface area (Å²) in [7, 11) is 0. The number of benzene rings is 1. The minimum atomic E-state index is 0.515. The molecule has 1 N–H and O–H groups in total. The Balaban J connectivity index is 1.93. The molecule has 0 unspecified atom stereocenters. The number of nitrogens with one attached hydrogen (secondary N) is 1. The van der Waals surface area contributed by atoms with Gasteiger partial charge in [-0.05, 0) is 49.6 Å². The molecule has 1 aliphatic rings. The van der Waals surface area contributed by atoms with Gasteiger partial charge in [-0.15, -0.1) is 0 Å². The Labute approximate surface area is 102 Å². The molecule has 1 heterocycles. The zero-order chi connectivity index (χ0) is 11.4. The lowest BCUT2D eigenvalue weighted by Crippen LogP contribution is -2.28. The van der Waals surface area contributed by atoms with Crippen LogP contribution in [0, 0.1) is 0 Å². The maximum absolute atomic E-state index is 6.06. The van der Waals surface area contributed by atoms with Crippen molar-refractivity contribution in [3.8, 4) is 5.75 Å². The highest BCUT2D eigenvalue weighted by molar-refractivity contribution is 6.31. The van der Waals surface area contributed by atoms with E-state index < -0.39 is 0 Å². The van der Waals surface area contributed by atoms with E-state index in [2.05, 4.69) is 12.2 Å². The van der Waals surface area contributed by atoms with Gasteiger partial charge >= 0.3 is 0 Å². The van der Waals surface area contributed by atoms with Crippen LogP contribution in [0.15, 0.2) is 18.2 Å². The Morgan fingerprint density at radius 1 is 1.50 bits per heavy atom. The van der Waals surface area contributed by atoms with Crippen LogP contribution in [0.1, 0.15) is 25.3 Å². The Kier molecular flexibility index (Phi) is 4.08. The molecule has 0 spiro atoms. The Morgan fingerprint density at radius 2 is 2.38 bits per heavy atom. The molecule has 2 nitrogen and oxygen atoms in total. The summed E-state index contributed by atoms with van der Waals surface area (Å²) < 4.78 is 5.77. The number of aryl methyl sites for hydroxylation is 1. The van der Waals surface area contributed by atoms with Gasteiger partial charge in [0.05, 0.1) is 0 Å². The summed E-state index contributed by atoms with van der Waals surface area (Å²) >= 11 is 6.06. The third-order valence-electron chi connectivity index (χ3n) is 3.01. The average Bonchev–Trinajstić information content (AvgIpc) is 2.81. The molecule has 1 aliphatic heterocycles. The monoisotopic (exact) mass is 239 g/mol. The highest BCUT2D eigenvalue weighted by Gasteiger charge is 2.14. The molecule has 1 aromatic carbocycles. The van der Waals surface area contributed by atoms with E-state index in [0.717, 1.165) is 35.9 Å². The van der Waals surface area contributed by atoms with Crippen LogP contribution in [0.4, 0.5) is 0 Å². The second kappa shape index (κ2) is 5.55. The summed E-state index contributed by atoms with van der Waals surface area (Å²) in [5.74, 6) is 0.926. The minimum absolute atomic E-state index is 0.515. The SMILES string of the molecule is CCc1cc(OC[C@H]2CCCN2)ccc1Cl. The minimum Gasteiger partial charge on any atom is -0.492 e. The molecule has 88 valence electrons. The summed E-state index contributed by atoms with van der Waals surface area (Å²) in [5, 5.41) is 4.24. The number of ether oxygens (including phenoxy) is 1. The first kappa shape index (κ1) is 11.7. The number of hydrogen-bond acceptors (Lipinski definition) is 2. The fourth-order valence-corrected chi connectivity index (χ4v) is 2.26. The summed E-state index contributed by atoms with van der Waals surface area (Å²) in [4.78, 5) is 0. The fraction of sp³-hybridized carbons (Fsp3) is 0.538. The smallest absolute Gasteiger partial charge is 0.119 e. The summed E-state index contributed by atoms with van der Waals surface area (Å²) in [6, 6.07) is 6.41. The van der Waals surface area contributed by atoms with Gasteiger partial charge in [-0.1, -0.05) is 18.5 Å². The predicted octanol–water partition coefficient (Wildman–Crippen LogP) is 3.03. The Morgan fingerprint density at radius 3 is 3.06 bits per heavy atom. The number of rotatable bonds is 4. The Hall–Kier alpha value is -0.730. The van der Waals surface area contributed by atoms with Crippen molar-refractivity contribution >= 4 is 11.6 Å². The summed E-state index contributed by atoms with van der Waals surface area (Å²) in [5.41, 5.74) is 1.15. The van der Waals surface area contributed by atoms with Crippen molar-refractivity contribution in [3.05, 3.63) is 28.8 Å². The van der Waals surface area contributed by atoms with E-state index in [-0.39, 0.29) is 0 Å². The van der Waals surface area contributed by atoms with Gasteiger partial charge in [0.25, 0.3) is 0 Å². The van der Waals surface area contributed by atoms with Crippen molar-refractivity contribution in [1.29, 1.82) is 0 Å². The third-order valence-corrected chi connectivity index (χ3v) is 3.38. The highest BCUT2D eigenvalue weighted by Crippen LogP contribution is 2.22. The van der Waals surface area contributed by atoms with Gasteiger partial charge in [-0.2, -0.15) is 0 Å². The van der Waals surface area contributed by atoms with E-state index in [0.29, 0.717) is 6.04 Å². The highest BCUT2D eigenvalue weighted by atomic mass is 35.5. The standard InChI is InChI=1S/C13H18ClNO/c1-2-10-8-12(5-6-13(10)14)16-9-11-4-3-7-15-11/h5-6,8,11,15H,2-4,7,9H2,1H3/t11-/m1/s1. The second-order valence-corrected chi connectivity index (χ2v) is 4.62. The van der Waals surface area contributed by atoms with E-state index in [1.54, 1.807) is 0 Å². The first-order valence-electron chi connectivity index (χ1n) is 5.94. The van der Waals surface area contributed by atoms with Crippen LogP contribution >= 0.6 is 11.6 Å². The van der Waals surface area contributed by atoms with Crippen molar-refractivity contribution in [1.82, 2.24) is 5.32 Å². The number of hydrogen-bond donors (Lipinski definition) is 1. The lowest BCUT2D eigenvalue weighted by molar-refractivity contribution is 0.277. The average molecular weight is 240 g/mol. The molecule has 1 saturated heterocycles. The lowest BCUT2D eigenvalue weighted by Gasteiger charge is -2.13. The van der Waals surface area contributed by atoms with Gasteiger partial charge in [0, 0.05) is 11.1 Å². The maximum atomic E-state index is 6.06. The zero-order valence-electron chi connectivity index (χ0n) is 9.63. The molecule has 0 amide bonds. The van der Waals surface area contributed by atoms with Gasteiger partial charge in [-0.25, -0.2) is 0 Å². The van der Waals surface area contributed by atoms with Crippen molar-refractivity contribution in [2.45, 2.75) is 32.2 Å². The lowest BCUT2D eigenvalue weighted by atomic mass is 10.1. The normalized spacial score (nSPS) is 20.0. The molecule has 1 atom stereocenters. The van der Waals surface area contributed by atoms with Crippen LogP contribution < -0.4 is 10.1 Å². The zero-order valence-corrected chi connectivity index (χ0v) is 10.4. The van der Waals surface area contributed by atoms with E-state index in [1.807, 2.05) is 18.2 Å². The third kappa shape index (κ3) is 2.89. The molecule has 2 rings (SSSR count). The molecule has 0 saturated carbocycles. The van der Waals surface area contributed by atoms with Crippen LogP contribution in [0.3, 0.4) is 0 Å². The van der Waals surface area contributed by atoms with Gasteiger partial charge < -0.3 is 10.1 Å². The molecule has 0 aromatic heterocycles. The quantitative estimate of drug-likeness (QED) is 0.872. The summed E-state index contributed by atoms with van der Waals surface area (Å²) in [6.45, 7) is 3.98. The van der Waals surface area contributed by atoms with E-state index >= 15 is 0 Å². The molecular formula is C13H18ClNO. The largest absolute Gasteiger partial charge is 0.492 e. The molecule has 3 heteroatoms. The van der Waals surface area contributed by atoms with Gasteiger partial charge in [-0.3, -0.25) is 0 Å². The maximum Gasteiger partial charge on any atom is 0.119 e. The Bertz CT molecular complexity index is 348. The van der Waals surface area contributed by atoms with Crippen LogP contribution in [0.25, 0.3) is 0 Å². The molecule has 0 aliphatic carbocycles. The van der Waals surface area contributed by atoms with Gasteiger partial charge in [0.15, 0.2) is 0 Å². The number of halogens is 1. The van der Waals surface area contributed by atoms with Gasteiger partial charge in [0.2, 0.25) is 0 Å². The summed E-state index contributed by atoms with van der Waals surface area (Å²) in [6.07, 6.45) is 3.42. The van der Waals surface area contributed by atoms with E-state index in [1.165, 1.54) is 12.8 Å². The fourth-order valence-electron chi connectivity index (χ4n) is 2.01. The molecular weight excluding hydrogens is 222 g/mol. The van der Waals surface area contributed by atoms with Crippen molar-refractivity contribution in [2.75, 3.05) is 13.2 Å². The van der Waals surface area contributed by atoms with Crippen LogP contribution in [-0.2, 0) is 6.42 Å². The van der Waals surface area contributed by atoms with Crippen LogP contribution in [0.5, 0.6) is 5.75 Å². The van der Waals surface area contributed by atoms with Crippen molar-refractivity contribution < 1.29 is 4.74 Å². The van der Waals surface area contributed by atoms with Crippen molar-refractivity contribution in [2.24, 2.45) is 0 Å². The van der Waals surface area contributed by atoms with Gasteiger partial charge in [0.1, 0.15) is 12.4 Å². The predicted molar refractivity (Wildman–Crippen MR) is 67.3 cm³/mol. The molecule has 16 heavy (non-hydrogen) atoms. The second-order valence-electron chi connectivity index (χ2n) is 4.21. The first-order valence-corrected chi connectivity index (χ1v) is 6.32. The van der Waals surface area contributed by atoms with E-state index in [4.69, 9.17) is 16.3 Å². The molecule has 1 aromatic rings. The van der Waals surface area contributed by atoms with E-state index in [9.17, 15) is 0 Å². The molecule has 0 radical (unpaired) electrons. The first-order chi connectivity index (χ1) is 7.79. The van der Waals surface area contributed by atoms with Crippen molar-refractivity contribution in [3.63, 3.8) is 0 Å². The van der Waals surface area contributed by atoms with Crippen LogP contribution in [0.2, 0.25) is 5.02 Å². The molecule has 1 fully saturated rings.